The topological polar surface area (TPSA) is 110 Å². The molecule has 0 heterocycles. The molecule has 6 nitrogen and oxygen atoms in total. The van der Waals surface area contributed by atoms with Gasteiger partial charge in [-0.05, 0) is 51.4 Å². The summed E-state index contributed by atoms with van der Waals surface area (Å²) >= 11 is 0. The minimum atomic E-state index is -1.29. The fraction of sp³-hybridized carbons (Fsp3) is 0.914. The van der Waals surface area contributed by atoms with Gasteiger partial charge in [0.25, 0.3) is 0 Å². The zero-order chi connectivity index (χ0) is 46.7. The van der Waals surface area contributed by atoms with Gasteiger partial charge in [0.15, 0.2) is 0 Å². The summed E-state index contributed by atoms with van der Waals surface area (Å²) in [6.45, 7) is 4.08. The lowest BCUT2D eigenvalue weighted by Gasteiger charge is -2.27. The van der Waals surface area contributed by atoms with Gasteiger partial charge in [-0.3, -0.25) is 4.79 Å². The van der Waals surface area contributed by atoms with E-state index in [0.717, 1.165) is 38.5 Å². The predicted molar refractivity (Wildman–Crippen MR) is 279 cm³/mol. The van der Waals surface area contributed by atoms with Crippen LogP contribution in [0.5, 0.6) is 0 Å². The number of unbranched alkanes of at least 4 members (excludes halogenated alkanes) is 40. The van der Waals surface area contributed by atoms with Crippen LogP contribution in [0.1, 0.15) is 309 Å². The molecule has 0 aliphatic rings. The third kappa shape index (κ3) is 45.9. The van der Waals surface area contributed by atoms with Crippen molar-refractivity contribution in [3.05, 3.63) is 24.3 Å². The van der Waals surface area contributed by atoms with Gasteiger partial charge in [-0.1, -0.05) is 282 Å². The van der Waals surface area contributed by atoms with Crippen LogP contribution in [0, 0.1) is 0 Å². The minimum Gasteiger partial charge on any atom is -0.394 e. The second-order valence-corrected chi connectivity index (χ2v) is 20.0. The van der Waals surface area contributed by atoms with E-state index in [4.69, 9.17) is 0 Å². The Kier molecular flexibility index (Phi) is 51.8. The molecule has 0 spiro atoms. The maximum Gasteiger partial charge on any atom is 0.249 e. The van der Waals surface area contributed by atoms with E-state index in [2.05, 4.69) is 43.5 Å². The van der Waals surface area contributed by atoms with E-state index in [1.54, 1.807) is 0 Å². The third-order valence-electron chi connectivity index (χ3n) is 13.6. The molecule has 64 heavy (non-hydrogen) atoms. The molecule has 5 N–H and O–H groups in total. The van der Waals surface area contributed by atoms with E-state index >= 15 is 0 Å². The van der Waals surface area contributed by atoms with Crippen molar-refractivity contribution in [2.24, 2.45) is 0 Å². The molecule has 4 unspecified atom stereocenters. The molecule has 0 aromatic heterocycles. The van der Waals surface area contributed by atoms with Gasteiger partial charge in [0.1, 0.15) is 12.2 Å². The Morgan fingerprint density at radius 2 is 0.656 bits per heavy atom. The van der Waals surface area contributed by atoms with Crippen molar-refractivity contribution in [3.63, 3.8) is 0 Å². The number of nitrogens with one attached hydrogen (secondary N) is 1. The average molecular weight is 905 g/mol. The smallest absolute Gasteiger partial charge is 0.249 e. The highest BCUT2D eigenvalue weighted by Crippen LogP contribution is 2.18. The summed E-state index contributed by atoms with van der Waals surface area (Å²) in [4.78, 5) is 12.6. The van der Waals surface area contributed by atoms with Crippen molar-refractivity contribution in [1.29, 1.82) is 0 Å². The monoisotopic (exact) mass is 904 g/mol. The van der Waals surface area contributed by atoms with Gasteiger partial charge in [-0.2, -0.15) is 0 Å². The average Bonchev–Trinajstić information content (AvgIpc) is 3.30. The van der Waals surface area contributed by atoms with Crippen molar-refractivity contribution in [1.82, 2.24) is 5.32 Å². The Morgan fingerprint density at radius 1 is 0.375 bits per heavy atom. The fourth-order valence-corrected chi connectivity index (χ4v) is 9.13. The summed E-state index contributed by atoms with van der Waals surface area (Å²) in [6, 6.07) is -1.01. The van der Waals surface area contributed by atoms with Crippen molar-refractivity contribution >= 4 is 5.91 Å². The number of amides is 1. The van der Waals surface area contributed by atoms with E-state index in [0.29, 0.717) is 19.3 Å². The third-order valence-corrected chi connectivity index (χ3v) is 13.6. The second-order valence-electron chi connectivity index (χ2n) is 20.0. The van der Waals surface area contributed by atoms with E-state index < -0.39 is 36.9 Å². The van der Waals surface area contributed by atoms with Gasteiger partial charge >= 0.3 is 0 Å². The van der Waals surface area contributed by atoms with Crippen LogP contribution < -0.4 is 5.32 Å². The first kappa shape index (κ1) is 62.8. The Bertz CT molecular complexity index is 970. The lowest BCUT2D eigenvalue weighted by Crippen LogP contribution is -2.53. The van der Waals surface area contributed by atoms with Gasteiger partial charge < -0.3 is 25.7 Å². The first-order valence-electron chi connectivity index (χ1n) is 28.7. The maximum atomic E-state index is 12.6. The number of carbonyl (C=O) groups excluding carboxylic acids is 1. The van der Waals surface area contributed by atoms with E-state index in [1.165, 1.54) is 238 Å². The number of hydrogen-bond acceptors (Lipinski definition) is 5. The molecular weight excluding hydrogens is 791 g/mol. The molecule has 0 rings (SSSR count). The lowest BCUT2D eigenvalue weighted by molar-refractivity contribution is -0.132. The number of carbonyl (C=O) groups is 1. The maximum absolute atomic E-state index is 12.6. The zero-order valence-electron chi connectivity index (χ0n) is 43.0. The Balaban J connectivity index is 3.66. The number of allylic oxidation sites excluding steroid dienone is 4. The van der Waals surface area contributed by atoms with Gasteiger partial charge in [-0.15, -0.1) is 0 Å². The quantitative estimate of drug-likeness (QED) is 0.0308. The first-order valence-corrected chi connectivity index (χ1v) is 28.7. The molecule has 0 aromatic carbocycles. The zero-order valence-corrected chi connectivity index (χ0v) is 43.0. The summed E-state index contributed by atoms with van der Waals surface area (Å²) < 4.78 is 0. The highest BCUT2D eigenvalue weighted by Gasteiger charge is 2.28. The highest BCUT2D eigenvalue weighted by molar-refractivity contribution is 5.80. The molecule has 380 valence electrons. The number of rotatable bonds is 53. The van der Waals surface area contributed by atoms with Crippen LogP contribution in [0.3, 0.4) is 0 Å². The number of hydrogen-bond donors (Lipinski definition) is 5. The molecule has 0 aliphatic heterocycles. The summed E-state index contributed by atoms with van der Waals surface area (Å²) in [6.07, 6.45) is 64.0. The Labute approximate surface area is 399 Å². The number of aliphatic hydroxyl groups is 4. The van der Waals surface area contributed by atoms with Crippen LogP contribution in [0.2, 0.25) is 0 Å². The van der Waals surface area contributed by atoms with Gasteiger partial charge in [-0.25, -0.2) is 0 Å². The van der Waals surface area contributed by atoms with Crippen LogP contribution in [0.15, 0.2) is 24.3 Å². The molecule has 1 amide bonds. The van der Waals surface area contributed by atoms with Crippen molar-refractivity contribution in [2.45, 2.75) is 334 Å². The number of aliphatic hydroxyl groups excluding tert-OH is 4. The molecule has 0 bridgehead atoms. The highest BCUT2D eigenvalue weighted by atomic mass is 16.3. The summed E-state index contributed by atoms with van der Waals surface area (Å²) in [5.41, 5.74) is 0. The Morgan fingerprint density at radius 3 is 0.984 bits per heavy atom. The molecule has 0 aromatic rings. The normalized spacial score (nSPS) is 13.9. The summed E-state index contributed by atoms with van der Waals surface area (Å²) in [5.74, 6) is -0.592. The van der Waals surface area contributed by atoms with Gasteiger partial charge in [0, 0.05) is 0 Å². The van der Waals surface area contributed by atoms with Crippen LogP contribution in [-0.4, -0.2) is 57.3 Å². The second kappa shape index (κ2) is 52.8. The van der Waals surface area contributed by atoms with Crippen LogP contribution >= 0.6 is 0 Å². The largest absolute Gasteiger partial charge is 0.394 e. The summed E-state index contributed by atoms with van der Waals surface area (Å²) in [7, 11) is 0. The molecular formula is C58H113NO5. The van der Waals surface area contributed by atoms with Crippen molar-refractivity contribution in [3.8, 4) is 0 Å². The molecule has 0 aliphatic carbocycles. The predicted octanol–water partition coefficient (Wildman–Crippen LogP) is 16.6. The van der Waals surface area contributed by atoms with E-state index in [-0.39, 0.29) is 0 Å². The molecule has 4 atom stereocenters. The van der Waals surface area contributed by atoms with E-state index in [1.807, 2.05) is 0 Å². The molecule has 6 heteroatoms. The van der Waals surface area contributed by atoms with Gasteiger partial charge in [0.2, 0.25) is 5.91 Å². The first-order chi connectivity index (χ1) is 31.5. The van der Waals surface area contributed by atoms with Crippen molar-refractivity contribution in [2.75, 3.05) is 6.61 Å². The molecule has 0 saturated carbocycles. The van der Waals surface area contributed by atoms with Crippen LogP contribution in [0.25, 0.3) is 0 Å². The van der Waals surface area contributed by atoms with Crippen molar-refractivity contribution < 1.29 is 25.2 Å². The Hall–Kier alpha value is -1.21. The van der Waals surface area contributed by atoms with Crippen LogP contribution in [-0.2, 0) is 4.79 Å². The molecule has 0 fully saturated rings. The molecule has 0 radical (unpaired) electrons. The lowest BCUT2D eigenvalue weighted by atomic mass is 10.00. The van der Waals surface area contributed by atoms with E-state index in [9.17, 15) is 25.2 Å². The van der Waals surface area contributed by atoms with Gasteiger partial charge in [0.05, 0.1) is 18.8 Å². The van der Waals surface area contributed by atoms with Crippen LogP contribution in [0.4, 0.5) is 0 Å². The minimum absolute atomic E-state index is 0.365. The standard InChI is InChI=1S/C58H113NO5/c1-3-5-7-9-11-13-15-17-19-21-23-25-27-29-31-33-35-37-39-41-43-45-47-49-51-55(61)57(63)54(53-60)59-58(64)56(62)52-50-48-46-44-42-40-38-36-34-32-30-28-26-24-22-20-18-16-14-12-10-8-6-4-2/h35,37,43,45,54-57,60-63H,3-34,36,38-42,44,46-53H2,1-2H3,(H,59,64)/b37-35+,45-43+. The summed E-state index contributed by atoms with van der Waals surface area (Å²) in [5, 5.41) is 44.0. The SMILES string of the molecule is CCCCCCCCCCCCCCCCC/C=C/CC/C=C/CCCC(O)C(O)C(CO)NC(=O)C(O)CCCCCCCCCCCCCCCCCCCCCCCCCC. The fourth-order valence-electron chi connectivity index (χ4n) is 9.13. The molecule has 0 saturated heterocycles.